The highest BCUT2D eigenvalue weighted by Gasteiger charge is 2.03. The first-order valence-corrected chi connectivity index (χ1v) is 3.42. The van der Waals surface area contributed by atoms with E-state index in [0.29, 0.717) is 0 Å². The fourth-order valence-corrected chi connectivity index (χ4v) is 1.22. The standard InChI is InChI=1S/C6H7I/c1-5-3-2-4-6(5)7/h4H,1-3H2. The van der Waals surface area contributed by atoms with Crippen LogP contribution in [-0.4, -0.2) is 0 Å². The van der Waals surface area contributed by atoms with Crippen LogP contribution < -0.4 is 0 Å². The third kappa shape index (κ3) is 1.06. The van der Waals surface area contributed by atoms with Gasteiger partial charge in [-0.05, 0) is 41.0 Å². The van der Waals surface area contributed by atoms with Crippen LogP contribution in [0.4, 0.5) is 0 Å². The maximum absolute atomic E-state index is 3.86. The largest absolute Gasteiger partial charge is 0.0948 e. The van der Waals surface area contributed by atoms with Crippen molar-refractivity contribution in [2.45, 2.75) is 12.8 Å². The van der Waals surface area contributed by atoms with Crippen LogP contribution in [0.25, 0.3) is 0 Å². The molecule has 0 radical (unpaired) electrons. The average molecular weight is 206 g/mol. The summed E-state index contributed by atoms with van der Waals surface area (Å²) < 4.78 is 1.36. The van der Waals surface area contributed by atoms with Gasteiger partial charge in [-0.3, -0.25) is 0 Å². The van der Waals surface area contributed by atoms with Crippen LogP contribution in [0.1, 0.15) is 12.8 Å². The zero-order valence-corrected chi connectivity index (χ0v) is 6.23. The van der Waals surface area contributed by atoms with Gasteiger partial charge in [-0.1, -0.05) is 12.7 Å². The molecule has 0 saturated heterocycles. The molecule has 0 unspecified atom stereocenters. The number of allylic oxidation sites excluding steroid dienone is 3. The molecule has 0 atom stereocenters. The van der Waals surface area contributed by atoms with Crippen LogP contribution >= 0.6 is 22.6 Å². The molecule has 38 valence electrons. The Labute approximate surface area is 57.4 Å². The molecule has 0 N–H and O–H groups in total. The smallest absolute Gasteiger partial charge is 0.0116 e. The lowest BCUT2D eigenvalue weighted by Gasteiger charge is -1.87. The second kappa shape index (κ2) is 1.99. The molecule has 0 spiro atoms. The molecular formula is C6H7I. The highest BCUT2D eigenvalue weighted by Crippen LogP contribution is 2.27. The van der Waals surface area contributed by atoms with Gasteiger partial charge in [0.1, 0.15) is 0 Å². The van der Waals surface area contributed by atoms with Gasteiger partial charge in [0.05, 0.1) is 0 Å². The maximum Gasteiger partial charge on any atom is 0.0116 e. The lowest BCUT2D eigenvalue weighted by Crippen LogP contribution is -1.65. The Bertz CT molecular complexity index is 122. The first-order chi connectivity index (χ1) is 3.30. The van der Waals surface area contributed by atoms with Crippen molar-refractivity contribution in [3.8, 4) is 0 Å². The Balaban J connectivity index is 2.72. The summed E-state index contributed by atoms with van der Waals surface area (Å²) in [6, 6.07) is 0. The van der Waals surface area contributed by atoms with Crippen molar-refractivity contribution in [3.63, 3.8) is 0 Å². The van der Waals surface area contributed by atoms with Gasteiger partial charge in [0.15, 0.2) is 0 Å². The zero-order valence-electron chi connectivity index (χ0n) is 4.08. The van der Waals surface area contributed by atoms with Gasteiger partial charge in [-0.2, -0.15) is 0 Å². The van der Waals surface area contributed by atoms with Gasteiger partial charge in [0.2, 0.25) is 0 Å². The molecule has 0 amide bonds. The number of halogens is 1. The van der Waals surface area contributed by atoms with Crippen molar-refractivity contribution >= 4 is 22.6 Å². The van der Waals surface area contributed by atoms with E-state index in [9.17, 15) is 0 Å². The van der Waals surface area contributed by atoms with Crippen LogP contribution in [0.15, 0.2) is 21.8 Å². The first kappa shape index (κ1) is 5.35. The molecule has 1 rings (SSSR count). The van der Waals surface area contributed by atoms with Gasteiger partial charge in [0.25, 0.3) is 0 Å². The van der Waals surface area contributed by atoms with E-state index in [0.717, 1.165) is 0 Å². The maximum atomic E-state index is 3.86. The third-order valence-corrected chi connectivity index (χ3v) is 2.31. The third-order valence-electron chi connectivity index (χ3n) is 1.11. The van der Waals surface area contributed by atoms with Crippen LogP contribution in [0.2, 0.25) is 0 Å². The number of hydrogen-bond donors (Lipinski definition) is 0. The lowest BCUT2D eigenvalue weighted by molar-refractivity contribution is 1.07. The SMILES string of the molecule is C=C1CCC=C1I. The summed E-state index contributed by atoms with van der Waals surface area (Å²) in [7, 11) is 0. The molecular weight excluding hydrogens is 199 g/mol. The Morgan fingerprint density at radius 3 is 2.57 bits per heavy atom. The molecule has 0 aromatic rings. The highest BCUT2D eigenvalue weighted by molar-refractivity contribution is 14.1. The lowest BCUT2D eigenvalue weighted by atomic mass is 10.3. The van der Waals surface area contributed by atoms with E-state index in [-0.39, 0.29) is 0 Å². The summed E-state index contributed by atoms with van der Waals surface area (Å²) in [4.78, 5) is 0. The van der Waals surface area contributed by atoms with E-state index in [1.165, 1.54) is 22.0 Å². The fourth-order valence-electron chi connectivity index (χ4n) is 0.637. The van der Waals surface area contributed by atoms with Crippen molar-refractivity contribution < 1.29 is 0 Å². The Morgan fingerprint density at radius 2 is 2.43 bits per heavy atom. The summed E-state index contributed by atoms with van der Waals surface area (Å²) in [5.41, 5.74) is 1.31. The normalized spacial score (nSPS) is 20.1. The minimum Gasteiger partial charge on any atom is -0.0948 e. The molecule has 1 aliphatic carbocycles. The quantitative estimate of drug-likeness (QED) is 0.534. The number of rotatable bonds is 0. The Morgan fingerprint density at radius 1 is 1.71 bits per heavy atom. The van der Waals surface area contributed by atoms with E-state index in [2.05, 4.69) is 35.2 Å². The molecule has 7 heavy (non-hydrogen) atoms. The highest BCUT2D eigenvalue weighted by atomic mass is 127. The molecule has 0 nitrogen and oxygen atoms in total. The van der Waals surface area contributed by atoms with Crippen LogP contribution in [0.5, 0.6) is 0 Å². The van der Waals surface area contributed by atoms with Crippen molar-refractivity contribution in [3.05, 3.63) is 21.8 Å². The summed E-state index contributed by atoms with van der Waals surface area (Å²) >= 11 is 2.32. The van der Waals surface area contributed by atoms with E-state index in [1.807, 2.05) is 0 Å². The monoisotopic (exact) mass is 206 g/mol. The molecule has 0 saturated carbocycles. The minimum atomic E-state index is 1.18. The topological polar surface area (TPSA) is 0 Å². The molecule has 0 heterocycles. The summed E-state index contributed by atoms with van der Waals surface area (Å²) in [6.45, 7) is 3.86. The Hall–Kier alpha value is 0.210. The van der Waals surface area contributed by atoms with E-state index < -0.39 is 0 Å². The molecule has 1 aliphatic rings. The number of hydrogen-bond acceptors (Lipinski definition) is 0. The first-order valence-electron chi connectivity index (χ1n) is 2.34. The second-order valence-corrected chi connectivity index (χ2v) is 2.86. The van der Waals surface area contributed by atoms with Gasteiger partial charge in [-0.15, -0.1) is 0 Å². The molecule has 0 aromatic carbocycles. The summed E-state index contributed by atoms with van der Waals surface area (Å²) in [5.74, 6) is 0. The molecule has 0 aromatic heterocycles. The van der Waals surface area contributed by atoms with Crippen LogP contribution in [-0.2, 0) is 0 Å². The zero-order chi connectivity index (χ0) is 5.28. The van der Waals surface area contributed by atoms with Crippen LogP contribution in [0, 0.1) is 0 Å². The van der Waals surface area contributed by atoms with Crippen molar-refractivity contribution in [2.75, 3.05) is 0 Å². The predicted octanol–water partition coefficient (Wildman–Crippen LogP) is 2.66. The summed E-state index contributed by atoms with van der Waals surface area (Å²) in [6.07, 6.45) is 4.61. The predicted molar refractivity (Wildman–Crippen MR) is 40.5 cm³/mol. The van der Waals surface area contributed by atoms with Gasteiger partial charge in [0, 0.05) is 3.58 Å². The van der Waals surface area contributed by atoms with E-state index in [4.69, 9.17) is 0 Å². The van der Waals surface area contributed by atoms with E-state index >= 15 is 0 Å². The molecule has 0 aliphatic heterocycles. The van der Waals surface area contributed by atoms with Crippen molar-refractivity contribution in [2.24, 2.45) is 0 Å². The average Bonchev–Trinajstić information content (AvgIpc) is 1.91. The van der Waals surface area contributed by atoms with Crippen LogP contribution in [0.3, 0.4) is 0 Å². The summed E-state index contributed by atoms with van der Waals surface area (Å²) in [5, 5.41) is 0. The molecule has 1 heteroatoms. The Kier molecular flexibility index (Phi) is 1.52. The minimum absolute atomic E-state index is 1.18. The van der Waals surface area contributed by atoms with E-state index in [1.54, 1.807) is 0 Å². The second-order valence-electron chi connectivity index (χ2n) is 1.69. The van der Waals surface area contributed by atoms with Gasteiger partial charge >= 0.3 is 0 Å². The van der Waals surface area contributed by atoms with Gasteiger partial charge < -0.3 is 0 Å². The van der Waals surface area contributed by atoms with Crippen molar-refractivity contribution in [1.29, 1.82) is 0 Å². The van der Waals surface area contributed by atoms with Gasteiger partial charge in [-0.25, -0.2) is 0 Å². The fraction of sp³-hybridized carbons (Fsp3) is 0.333. The molecule has 0 bridgehead atoms. The van der Waals surface area contributed by atoms with Crippen molar-refractivity contribution in [1.82, 2.24) is 0 Å². The molecule has 0 fully saturated rings.